The van der Waals surface area contributed by atoms with E-state index in [-0.39, 0.29) is 0 Å². The zero-order valence-electron chi connectivity index (χ0n) is 5.83. The molecule has 0 saturated carbocycles. The number of hydrogen-bond acceptors (Lipinski definition) is 3. The number of nitrogens with zero attached hydrogens (tertiary/aromatic N) is 3. The van der Waals surface area contributed by atoms with Crippen molar-refractivity contribution >= 4 is 16.3 Å². The first-order valence-electron chi connectivity index (χ1n) is 3.04. The fourth-order valence-electron chi connectivity index (χ4n) is 0.899. The second-order valence-electron chi connectivity index (χ2n) is 2.22. The van der Waals surface area contributed by atoms with Crippen LogP contribution in [0.5, 0.6) is 0 Å². The highest BCUT2D eigenvalue weighted by atomic mass is 32.1. The molecule has 10 heavy (non-hydrogen) atoms. The van der Waals surface area contributed by atoms with Crippen LogP contribution in [0.1, 0.15) is 11.4 Å². The molecule has 0 aliphatic rings. The first kappa shape index (κ1) is 5.85. The monoisotopic (exact) mass is 153 g/mol. The molecule has 2 heterocycles. The smallest absolute Gasteiger partial charge is 0.212 e. The lowest BCUT2D eigenvalue weighted by Crippen LogP contribution is -1.85. The van der Waals surface area contributed by atoms with Gasteiger partial charge in [0, 0.05) is 0 Å². The van der Waals surface area contributed by atoms with Gasteiger partial charge < -0.3 is 0 Å². The van der Waals surface area contributed by atoms with Gasteiger partial charge >= 0.3 is 0 Å². The highest BCUT2D eigenvalue weighted by molar-refractivity contribution is 7.14. The van der Waals surface area contributed by atoms with Crippen LogP contribution in [-0.4, -0.2) is 14.6 Å². The molecule has 0 aliphatic heterocycles. The zero-order chi connectivity index (χ0) is 7.14. The van der Waals surface area contributed by atoms with Crippen molar-refractivity contribution in [3.63, 3.8) is 0 Å². The second-order valence-corrected chi connectivity index (χ2v) is 3.03. The fourth-order valence-corrected chi connectivity index (χ4v) is 1.61. The maximum atomic E-state index is 4.29. The van der Waals surface area contributed by atoms with E-state index in [9.17, 15) is 0 Å². The maximum Gasteiger partial charge on any atom is 0.212 e. The molecule has 2 rings (SSSR count). The van der Waals surface area contributed by atoms with Gasteiger partial charge in [0.2, 0.25) is 4.96 Å². The standard InChI is InChI=1S/C6H7N3S/c1-4-5(2)9-6(8-4)10-3-7-9/h3H,1-2H3. The lowest BCUT2D eigenvalue weighted by atomic mass is 10.4. The van der Waals surface area contributed by atoms with Gasteiger partial charge in [0.1, 0.15) is 5.51 Å². The van der Waals surface area contributed by atoms with Crippen LogP contribution in [0.3, 0.4) is 0 Å². The third-order valence-corrected chi connectivity index (χ3v) is 2.28. The molecule has 0 fully saturated rings. The Morgan fingerprint density at radius 1 is 1.50 bits per heavy atom. The number of fused-ring (bicyclic) bond motifs is 1. The summed E-state index contributed by atoms with van der Waals surface area (Å²) in [4.78, 5) is 5.27. The van der Waals surface area contributed by atoms with Gasteiger partial charge in [-0.15, -0.1) is 0 Å². The Labute approximate surface area is 62.3 Å². The van der Waals surface area contributed by atoms with E-state index in [1.807, 2.05) is 18.4 Å². The number of hydrogen-bond donors (Lipinski definition) is 0. The molecule has 0 saturated heterocycles. The predicted octanol–water partition coefficient (Wildman–Crippen LogP) is 1.41. The van der Waals surface area contributed by atoms with Crippen molar-refractivity contribution in [2.45, 2.75) is 13.8 Å². The van der Waals surface area contributed by atoms with Crippen LogP contribution >= 0.6 is 11.3 Å². The Kier molecular flexibility index (Phi) is 1.05. The Balaban J connectivity index is 2.95. The summed E-state index contributed by atoms with van der Waals surface area (Å²) < 4.78 is 1.86. The largest absolute Gasteiger partial charge is 0.223 e. The fraction of sp³-hybridized carbons (Fsp3) is 0.333. The third-order valence-electron chi connectivity index (χ3n) is 1.61. The topological polar surface area (TPSA) is 30.2 Å². The number of aromatic nitrogens is 3. The van der Waals surface area contributed by atoms with Crippen molar-refractivity contribution in [1.29, 1.82) is 0 Å². The van der Waals surface area contributed by atoms with Gasteiger partial charge in [-0.3, -0.25) is 0 Å². The molecule has 2 aromatic heterocycles. The van der Waals surface area contributed by atoms with Gasteiger partial charge in [0.25, 0.3) is 0 Å². The quantitative estimate of drug-likeness (QED) is 0.572. The van der Waals surface area contributed by atoms with Crippen LogP contribution < -0.4 is 0 Å². The van der Waals surface area contributed by atoms with E-state index in [0.29, 0.717) is 0 Å². The molecule has 0 spiro atoms. The molecule has 0 aromatic carbocycles. The van der Waals surface area contributed by atoms with E-state index in [2.05, 4.69) is 10.1 Å². The molecule has 4 heteroatoms. The minimum atomic E-state index is 0.981. The molecule has 0 unspecified atom stereocenters. The predicted molar refractivity (Wildman–Crippen MR) is 40.3 cm³/mol. The van der Waals surface area contributed by atoms with E-state index >= 15 is 0 Å². The van der Waals surface area contributed by atoms with E-state index in [1.165, 1.54) is 0 Å². The summed E-state index contributed by atoms with van der Waals surface area (Å²) in [6.45, 7) is 4.02. The van der Waals surface area contributed by atoms with Gasteiger partial charge in [0.05, 0.1) is 11.4 Å². The van der Waals surface area contributed by atoms with E-state index < -0.39 is 0 Å². The van der Waals surface area contributed by atoms with Crippen LogP contribution in [0.4, 0.5) is 0 Å². The number of aryl methyl sites for hydroxylation is 2. The zero-order valence-corrected chi connectivity index (χ0v) is 6.64. The molecule has 0 bridgehead atoms. The van der Waals surface area contributed by atoms with Gasteiger partial charge in [-0.1, -0.05) is 11.3 Å². The van der Waals surface area contributed by atoms with Crippen molar-refractivity contribution in [2.24, 2.45) is 0 Å². The summed E-state index contributed by atoms with van der Waals surface area (Å²) in [5, 5.41) is 4.11. The van der Waals surface area contributed by atoms with Gasteiger partial charge in [-0.2, -0.15) is 5.10 Å². The van der Waals surface area contributed by atoms with Crippen LogP contribution in [-0.2, 0) is 0 Å². The highest BCUT2D eigenvalue weighted by Gasteiger charge is 2.04. The van der Waals surface area contributed by atoms with Gasteiger partial charge in [-0.05, 0) is 13.8 Å². The molecule has 0 N–H and O–H groups in total. The lowest BCUT2D eigenvalue weighted by Gasteiger charge is -1.84. The molecule has 0 atom stereocenters. The average molecular weight is 153 g/mol. The van der Waals surface area contributed by atoms with Crippen LogP contribution in [0, 0.1) is 13.8 Å². The first-order chi connectivity index (χ1) is 4.79. The van der Waals surface area contributed by atoms with E-state index in [1.54, 1.807) is 16.8 Å². The summed E-state index contributed by atoms with van der Waals surface area (Å²) in [5.41, 5.74) is 4.00. The van der Waals surface area contributed by atoms with Gasteiger partial charge in [-0.25, -0.2) is 9.50 Å². The summed E-state index contributed by atoms with van der Waals surface area (Å²) in [6.07, 6.45) is 0. The first-order valence-corrected chi connectivity index (χ1v) is 3.92. The van der Waals surface area contributed by atoms with Crippen LogP contribution in [0.15, 0.2) is 5.51 Å². The number of rotatable bonds is 0. The van der Waals surface area contributed by atoms with Crippen molar-refractivity contribution in [3.05, 3.63) is 16.9 Å². The van der Waals surface area contributed by atoms with E-state index in [4.69, 9.17) is 0 Å². The second kappa shape index (κ2) is 1.79. The lowest BCUT2D eigenvalue weighted by molar-refractivity contribution is 0.924. The minimum Gasteiger partial charge on any atom is -0.223 e. The molecule has 0 radical (unpaired) electrons. The minimum absolute atomic E-state index is 0.981. The molecular weight excluding hydrogens is 146 g/mol. The Bertz CT molecular complexity index is 360. The molecular formula is C6H7N3S. The van der Waals surface area contributed by atoms with Crippen LogP contribution in [0.25, 0.3) is 4.96 Å². The van der Waals surface area contributed by atoms with Crippen molar-refractivity contribution < 1.29 is 0 Å². The SMILES string of the molecule is Cc1nc2scnn2c1C. The third kappa shape index (κ3) is 0.593. The molecule has 0 amide bonds. The van der Waals surface area contributed by atoms with Crippen molar-refractivity contribution in [1.82, 2.24) is 14.6 Å². The average Bonchev–Trinajstić information content (AvgIpc) is 2.41. The van der Waals surface area contributed by atoms with Crippen molar-refractivity contribution in [3.8, 4) is 0 Å². The van der Waals surface area contributed by atoms with E-state index in [0.717, 1.165) is 16.3 Å². The summed E-state index contributed by atoms with van der Waals surface area (Å²) in [6, 6.07) is 0. The number of imidazole rings is 1. The molecule has 2 aromatic rings. The summed E-state index contributed by atoms with van der Waals surface area (Å²) >= 11 is 1.56. The Morgan fingerprint density at radius 2 is 2.30 bits per heavy atom. The maximum absolute atomic E-state index is 4.29. The van der Waals surface area contributed by atoms with Gasteiger partial charge in [0.15, 0.2) is 0 Å². The molecule has 0 aliphatic carbocycles. The summed E-state index contributed by atoms with van der Waals surface area (Å²) in [5.74, 6) is 0. The van der Waals surface area contributed by atoms with Crippen molar-refractivity contribution in [2.75, 3.05) is 0 Å². The Morgan fingerprint density at radius 3 is 3.00 bits per heavy atom. The summed E-state index contributed by atoms with van der Waals surface area (Å²) in [7, 11) is 0. The highest BCUT2D eigenvalue weighted by Crippen LogP contribution is 2.12. The molecule has 52 valence electrons. The molecule has 3 nitrogen and oxygen atoms in total. The van der Waals surface area contributed by atoms with Crippen LogP contribution in [0.2, 0.25) is 0 Å². The normalized spacial score (nSPS) is 11.0. The Hall–Kier alpha value is -0.900.